The molecule has 2 aromatic rings. The summed E-state index contributed by atoms with van der Waals surface area (Å²) in [7, 11) is 0. The van der Waals surface area contributed by atoms with Crippen LogP contribution in [0.4, 0.5) is 5.82 Å². The fourth-order valence-corrected chi connectivity index (χ4v) is 2.40. The molecule has 0 fully saturated rings. The molecule has 3 rings (SSSR count). The van der Waals surface area contributed by atoms with Gasteiger partial charge in [0.2, 0.25) is 0 Å². The van der Waals surface area contributed by atoms with Crippen LogP contribution in [0.1, 0.15) is 0 Å². The van der Waals surface area contributed by atoms with Crippen LogP contribution in [0.2, 0.25) is 0 Å². The number of hydrogen-bond donors (Lipinski definition) is 1. The Bertz CT molecular complexity index is 492. The Kier molecular flexibility index (Phi) is 1.98. The second-order valence-electron chi connectivity index (χ2n) is 3.40. The summed E-state index contributed by atoms with van der Waals surface area (Å²) in [6.45, 7) is 1.89. The van der Waals surface area contributed by atoms with E-state index in [0.29, 0.717) is 0 Å². The molecule has 5 heteroatoms. The summed E-state index contributed by atoms with van der Waals surface area (Å²) >= 11 is 3.57. The lowest BCUT2D eigenvalue weighted by atomic mass is 10.2. The molecular weight excluding hydrogens is 256 g/mol. The van der Waals surface area contributed by atoms with Crippen LogP contribution in [0.3, 0.4) is 0 Å². The predicted octanol–water partition coefficient (Wildman–Crippen LogP) is 2.13. The number of fused-ring (bicyclic) bond motifs is 1. The second kappa shape index (κ2) is 3.34. The molecule has 0 bridgehead atoms. The molecule has 2 aromatic heterocycles. The van der Waals surface area contributed by atoms with Crippen LogP contribution in [0.5, 0.6) is 0 Å². The van der Waals surface area contributed by atoms with Gasteiger partial charge in [0.25, 0.3) is 0 Å². The van der Waals surface area contributed by atoms with Gasteiger partial charge >= 0.3 is 0 Å². The van der Waals surface area contributed by atoms with Crippen molar-refractivity contribution in [3.05, 3.63) is 29.0 Å². The standard InChI is InChI=1S/C10H9BrN4/c11-8-9(7-1-3-12-4-2-7)14-15-6-5-13-10(8)15/h1-4,13H,5-6H2. The van der Waals surface area contributed by atoms with Gasteiger partial charge in [0.15, 0.2) is 0 Å². The third-order valence-electron chi connectivity index (χ3n) is 2.46. The normalized spacial score (nSPS) is 13.7. The van der Waals surface area contributed by atoms with E-state index >= 15 is 0 Å². The maximum absolute atomic E-state index is 4.54. The number of hydrogen-bond acceptors (Lipinski definition) is 3. The maximum atomic E-state index is 4.54. The molecule has 4 nitrogen and oxygen atoms in total. The molecule has 0 unspecified atom stereocenters. The minimum Gasteiger partial charge on any atom is -0.367 e. The number of anilines is 1. The van der Waals surface area contributed by atoms with Gasteiger partial charge in [-0.05, 0) is 28.1 Å². The SMILES string of the molecule is Brc1c(-c2ccncc2)nn2c1NCC2. The molecule has 1 aliphatic rings. The van der Waals surface area contributed by atoms with Crippen molar-refractivity contribution in [3.8, 4) is 11.3 Å². The van der Waals surface area contributed by atoms with Crippen LogP contribution in [-0.4, -0.2) is 21.3 Å². The fraction of sp³-hybridized carbons (Fsp3) is 0.200. The van der Waals surface area contributed by atoms with Gasteiger partial charge < -0.3 is 5.32 Å². The van der Waals surface area contributed by atoms with E-state index in [2.05, 4.69) is 31.3 Å². The molecule has 0 radical (unpaired) electrons. The average Bonchev–Trinajstić information content (AvgIpc) is 2.83. The smallest absolute Gasteiger partial charge is 0.139 e. The van der Waals surface area contributed by atoms with E-state index in [-0.39, 0.29) is 0 Å². The molecule has 3 heterocycles. The van der Waals surface area contributed by atoms with Crippen molar-refractivity contribution in [1.82, 2.24) is 14.8 Å². The number of aromatic nitrogens is 3. The van der Waals surface area contributed by atoms with E-state index < -0.39 is 0 Å². The molecule has 1 N–H and O–H groups in total. The summed E-state index contributed by atoms with van der Waals surface area (Å²) in [6.07, 6.45) is 3.55. The molecule has 76 valence electrons. The van der Waals surface area contributed by atoms with Crippen LogP contribution >= 0.6 is 15.9 Å². The van der Waals surface area contributed by atoms with Gasteiger partial charge in [-0.3, -0.25) is 4.98 Å². The molecule has 0 saturated carbocycles. The van der Waals surface area contributed by atoms with Crippen LogP contribution in [0.25, 0.3) is 11.3 Å². The van der Waals surface area contributed by atoms with E-state index in [0.717, 1.165) is 34.6 Å². The highest BCUT2D eigenvalue weighted by Gasteiger charge is 2.20. The monoisotopic (exact) mass is 264 g/mol. The largest absolute Gasteiger partial charge is 0.367 e. The van der Waals surface area contributed by atoms with Crippen LogP contribution in [0.15, 0.2) is 29.0 Å². The maximum Gasteiger partial charge on any atom is 0.139 e. The lowest BCUT2D eigenvalue weighted by molar-refractivity contribution is 0.699. The van der Waals surface area contributed by atoms with E-state index in [9.17, 15) is 0 Å². The van der Waals surface area contributed by atoms with Gasteiger partial charge in [0.1, 0.15) is 11.5 Å². The van der Waals surface area contributed by atoms with E-state index in [1.54, 1.807) is 12.4 Å². The Balaban J connectivity index is 2.14. The molecular formula is C10H9BrN4. The first-order valence-electron chi connectivity index (χ1n) is 4.77. The van der Waals surface area contributed by atoms with Crippen molar-refractivity contribution >= 4 is 21.7 Å². The van der Waals surface area contributed by atoms with E-state index in [1.165, 1.54) is 0 Å². The zero-order valence-electron chi connectivity index (χ0n) is 7.94. The predicted molar refractivity (Wildman–Crippen MR) is 61.6 cm³/mol. The zero-order valence-corrected chi connectivity index (χ0v) is 9.53. The summed E-state index contributed by atoms with van der Waals surface area (Å²) in [6, 6.07) is 3.92. The quantitative estimate of drug-likeness (QED) is 0.858. The summed E-state index contributed by atoms with van der Waals surface area (Å²) in [5.41, 5.74) is 2.06. The van der Waals surface area contributed by atoms with E-state index in [1.807, 2.05) is 16.8 Å². The molecule has 0 aliphatic carbocycles. The van der Waals surface area contributed by atoms with Crippen LogP contribution in [0, 0.1) is 0 Å². The second-order valence-corrected chi connectivity index (χ2v) is 4.19. The van der Waals surface area contributed by atoms with Crippen molar-refractivity contribution in [2.75, 3.05) is 11.9 Å². The number of pyridine rings is 1. The van der Waals surface area contributed by atoms with Crippen molar-refractivity contribution in [2.45, 2.75) is 6.54 Å². The highest BCUT2D eigenvalue weighted by molar-refractivity contribution is 9.10. The van der Waals surface area contributed by atoms with Gasteiger partial charge in [-0.2, -0.15) is 5.10 Å². The molecule has 0 aromatic carbocycles. The Morgan fingerprint density at radius 3 is 2.87 bits per heavy atom. The highest BCUT2D eigenvalue weighted by atomic mass is 79.9. The molecule has 0 atom stereocenters. The van der Waals surface area contributed by atoms with Crippen LogP contribution < -0.4 is 5.32 Å². The van der Waals surface area contributed by atoms with E-state index in [4.69, 9.17) is 0 Å². The first kappa shape index (κ1) is 8.91. The third-order valence-corrected chi connectivity index (χ3v) is 3.22. The summed E-state index contributed by atoms with van der Waals surface area (Å²) in [5.74, 6) is 1.07. The molecule has 0 amide bonds. The first-order valence-corrected chi connectivity index (χ1v) is 5.56. The minimum atomic E-state index is 0.930. The number of halogens is 1. The number of nitrogens with one attached hydrogen (secondary N) is 1. The molecule has 0 saturated heterocycles. The topological polar surface area (TPSA) is 42.7 Å². The highest BCUT2D eigenvalue weighted by Crippen LogP contribution is 2.35. The molecule has 1 aliphatic heterocycles. The van der Waals surface area contributed by atoms with Gasteiger partial charge in [-0.1, -0.05) is 0 Å². The Morgan fingerprint density at radius 1 is 1.33 bits per heavy atom. The van der Waals surface area contributed by atoms with Crippen molar-refractivity contribution in [2.24, 2.45) is 0 Å². The summed E-state index contributed by atoms with van der Waals surface area (Å²) < 4.78 is 3.02. The van der Waals surface area contributed by atoms with Crippen molar-refractivity contribution < 1.29 is 0 Å². The Morgan fingerprint density at radius 2 is 2.13 bits per heavy atom. The summed E-state index contributed by atoms with van der Waals surface area (Å²) in [5, 5.41) is 7.84. The number of rotatable bonds is 1. The van der Waals surface area contributed by atoms with Crippen LogP contribution in [-0.2, 0) is 6.54 Å². The third kappa shape index (κ3) is 1.34. The van der Waals surface area contributed by atoms with Gasteiger partial charge in [-0.15, -0.1) is 0 Å². The zero-order chi connectivity index (χ0) is 10.3. The minimum absolute atomic E-state index is 0.930. The molecule has 15 heavy (non-hydrogen) atoms. The Hall–Kier alpha value is -1.36. The summed E-state index contributed by atoms with van der Waals surface area (Å²) in [4.78, 5) is 4.00. The lowest BCUT2D eigenvalue weighted by Crippen LogP contribution is -1.97. The number of nitrogens with zero attached hydrogens (tertiary/aromatic N) is 3. The lowest BCUT2D eigenvalue weighted by Gasteiger charge is -1.97. The molecule has 0 spiro atoms. The fourth-order valence-electron chi connectivity index (χ4n) is 1.75. The van der Waals surface area contributed by atoms with Gasteiger partial charge in [0.05, 0.1) is 11.0 Å². The van der Waals surface area contributed by atoms with Crippen molar-refractivity contribution in [1.29, 1.82) is 0 Å². The average molecular weight is 265 g/mol. The van der Waals surface area contributed by atoms with Crippen molar-refractivity contribution in [3.63, 3.8) is 0 Å². The first-order chi connectivity index (χ1) is 7.36. The Labute approximate surface area is 95.5 Å². The van der Waals surface area contributed by atoms with Gasteiger partial charge in [-0.25, -0.2) is 4.68 Å². The van der Waals surface area contributed by atoms with Gasteiger partial charge in [0, 0.05) is 24.5 Å².